The lowest BCUT2D eigenvalue weighted by atomic mass is 10.1. The van der Waals surface area contributed by atoms with E-state index in [0.29, 0.717) is 5.56 Å². The Labute approximate surface area is 119 Å². The van der Waals surface area contributed by atoms with E-state index in [1.165, 1.54) is 6.08 Å². The lowest BCUT2D eigenvalue weighted by molar-refractivity contribution is 0.104. The van der Waals surface area contributed by atoms with Crippen molar-refractivity contribution in [3.63, 3.8) is 0 Å². The van der Waals surface area contributed by atoms with E-state index in [1.807, 2.05) is 18.2 Å². The van der Waals surface area contributed by atoms with Gasteiger partial charge < -0.3 is 4.74 Å². The predicted octanol–water partition coefficient (Wildman–Crippen LogP) is 3.09. The lowest BCUT2D eigenvalue weighted by Crippen LogP contribution is -1.92. The molecule has 0 atom stereocenters. The number of rotatable bonds is 4. The number of ether oxygens (including phenoxy) is 1. The fourth-order valence-electron chi connectivity index (χ4n) is 1.60. The van der Waals surface area contributed by atoms with Crippen LogP contribution in [0.5, 0.6) is 5.75 Å². The van der Waals surface area contributed by atoms with E-state index in [0.717, 1.165) is 15.8 Å². The first-order valence-electron chi connectivity index (χ1n) is 5.65. The molecule has 0 aliphatic rings. The summed E-state index contributed by atoms with van der Waals surface area (Å²) in [6.45, 7) is 0. The maximum atomic E-state index is 11.9. The molecule has 2 aromatic rings. The number of aromatic nitrogens is 2. The Hall–Kier alpha value is -1.88. The summed E-state index contributed by atoms with van der Waals surface area (Å²) in [6, 6.07) is 5.63. The van der Waals surface area contributed by atoms with E-state index < -0.39 is 0 Å². The smallest absolute Gasteiger partial charge is 0.189 e. The predicted molar refractivity (Wildman–Crippen MR) is 77.3 cm³/mol. The van der Waals surface area contributed by atoms with Crippen LogP contribution in [0.4, 0.5) is 0 Å². The van der Waals surface area contributed by atoms with Gasteiger partial charge in [0.15, 0.2) is 5.78 Å². The molecule has 1 heterocycles. The van der Waals surface area contributed by atoms with Crippen molar-refractivity contribution in [1.29, 1.82) is 0 Å². The zero-order chi connectivity index (χ0) is 13.8. The summed E-state index contributed by atoms with van der Waals surface area (Å²) in [4.78, 5) is 11.9. The molecule has 0 amide bonds. The Morgan fingerprint density at radius 2 is 2.26 bits per heavy atom. The van der Waals surface area contributed by atoms with E-state index >= 15 is 0 Å². The van der Waals surface area contributed by atoms with Gasteiger partial charge in [-0.05, 0) is 39.7 Å². The van der Waals surface area contributed by atoms with Gasteiger partial charge in [0.05, 0.1) is 23.3 Å². The summed E-state index contributed by atoms with van der Waals surface area (Å²) in [7, 11) is 3.39. The molecule has 0 aliphatic heterocycles. The van der Waals surface area contributed by atoms with Crippen LogP contribution in [0.3, 0.4) is 0 Å². The molecular weight excluding hydrogens is 308 g/mol. The number of hydrogen-bond acceptors (Lipinski definition) is 3. The van der Waals surface area contributed by atoms with Crippen molar-refractivity contribution >= 4 is 27.8 Å². The van der Waals surface area contributed by atoms with Gasteiger partial charge in [0, 0.05) is 13.2 Å². The molecule has 0 fully saturated rings. The largest absolute Gasteiger partial charge is 0.496 e. The molecule has 19 heavy (non-hydrogen) atoms. The first-order valence-corrected chi connectivity index (χ1v) is 6.44. The Morgan fingerprint density at radius 3 is 2.84 bits per heavy atom. The van der Waals surface area contributed by atoms with Crippen molar-refractivity contribution < 1.29 is 9.53 Å². The van der Waals surface area contributed by atoms with Crippen molar-refractivity contribution in [2.75, 3.05) is 7.11 Å². The zero-order valence-corrected chi connectivity index (χ0v) is 12.2. The number of methoxy groups -OCH3 is 1. The standard InChI is InChI=1S/C14H13BrN2O2/c1-17-9-11(8-16-17)13(18)5-3-10-4-6-14(19-2)12(15)7-10/h3-9H,1-2H3/b5-3-. The molecule has 4 nitrogen and oxygen atoms in total. The second-order valence-corrected chi connectivity index (χ2v) is 4.85. The van der Waals surface area contributed by atoms with Crippen LogP contribution in [0.25, 0.3) is 6.08 Å². The van der Waals surface area contributed by atoms with Gasteiger partial charge in [0.2, 0.25) is 0 Å². The molecule has 0 saturated carbocycles. The molecule has 0 spiro atoms. The highest BCUT2D eigenvalue weighted by Crippen LogP contribution is 2.26. The van der Waals surface area contributed by atoms with Gasteiger partial charge in [0.1, 0.15) is 5.75 Å². The first-order chi connectivity index (χ1) is 9.10. The maximum absolute atomic E-state index is 11.9. The SMILES string of the molecule is COc1ccc(/C=C\C(=O)c2cnn(C)c2)cc1Br. The van der Waals surface area contributed by atoms with Gasteiger partial charge in [-0.25, -0.2) is 0 Å². The van der Waals surface area contributed by atoms with Gasteiger partial charge in [-0.2, -0.15) is 5.10 Å². The molecule has 2 rings (SSSR count). The number of benzene rings is 1. The van der Waals surface area contributed by atoms with Crippen LogP contribution in [0.1, 0.15) is 15.9 Å². The second kappa shape index (κ2) is 5.84. The van der Waals surface area contributed by atoms with Crippen molar-refractivity contribution in [3.05, 3.63) is 52.3 Å². The highest BCUT2D eigenvalue weighted by molar-refractivity contribution is 9.10. The summed E-state index contributed by atoms with van der Waals surface area (Å²) >= 11 is 3.41. The number of allylic oxidation sites excluding steroid dienone is 1. The molecule has 0 bridgehead atoms. The normalized spacial score (nSPS) is 10.9. The van der Waals surface area contributed by atoms with Crippen molar-refractivity contribution in [3.8, 4) is 5.75 Å². The summed E-state index contributed by atoms with van der Waals surface area (Å²) in [5, 5.41) is 3.97. The highest BCUT2D eigenvalue weighted by atomic mass is 79.9. The minimum atomic E-state index is -0.0694. The van der Waals surface area contributed by atoms with E-state index in [1.54, 1.807) is 37.3 Å². The Bertz CT molecular complexity index is 632. The van der Waals surface area contributed by atoms with Crippen molar-refractivity contribution in [2.24, 2.45) is 7.05 Å². The third-order valence-corrected chi connectivity index (χ3v) is 3.21. The van der Waals surface area contributed by atoms with Crippen LogP contribution in [-0.4, -0.2) is 22.7 Å². The van der Waals surface area contributed by atoms with E-state index in [4.69, 9.17) is 4.74 Å². The fourth-order valence-corrected chi connectivity index (χ4v) is 2.16. The molecule has 1 aromatic carbocycles. The molecule has 0 radical (unpaired) electrons. The Balaban J connectivity index is 2.14. The quantitative estimate of drug-likeness (QED) is 0.642. The van der Waals surface area contributed by atoms with Crippen LogP contribution < -0.4 is 4.74 Å². The minimum absolute atomic E-state index is 0.0694. The highest BCUT2D eigenvalue weighted by Gasteiger charge is 2.04. The third-order valence-electron chi connectivity index (χ3n) is 2.59. The molecule has 1 aromatic heterocycles. The molecule has 98 valence electrons. The molecule has 5 heteroatoms. The van der Waals surface area contributed by atoms with Crippen LogP contribution in [0, 0.1) is 0 Å². The van der Waals surface area contributed by atoms with Gasteiger partial charge in [-0.1, -0.05) is 12.1 Å². The molecule has 0 aliphatic carbocycles. The van der Waals surface area contributed by atoms with Gasteiger partial charge >= 0.3 is 0 Å². The number of nitrogens with zero attached hydrogens (tertiary/aromatic N) is 2. The van der Waals surface area contributed by atoms with E-state index in [9.17, 15) is 4.79 Å². The summed E-state index contributed by atoms with van der Waals surface area (Å²) in [6.07, 6.45) is 6.54. The third kappa shape index (κ3) is 3.32. The van der Waals surface area contributed by atoms with Crippen molar-refractivity contribution in [1.82, 2.24) is 9.78 Å². The molecular formula is C14H13BrN2O2. The van der Waals surface area contributed by atoms with Crippen LogP contribution in [0.2, 0.25) is 0 Å². The average molecular weight is 321 g/mol. The van der Waals surface area contributed by atoms with Crippen LogP contribution >= 0.6 is 15.9 Å². The maximum Gasteiger partial charge on any atom is 0.189 e. The fraction of sp³-hybridized carbons (Fsp3) is 0.143. The van der Waals surface area contributed by atoms with Crippen LogP contribution in [0.15, 0.2) is 41.1 Å². The number of halogens is 1. The van der Waals surface area contributed by atoms with E-state index in [-0.39, 0.29) is 5.78 Å². The van der Waals surface area contributed by atoms with Crippen molar-refractivity contribution in [2.45, 2.75) is 0 Å². The number of carbonyl (C=O) groups is 1. The zero-order valence-electron chi connectivity index (χ0n) is 10.6. The number of aryl methyl sites for hydroxylation is 1. The molecule has 0 N–H and O–H groups in total. The summed E-state index contributed by atoms with van der Waals surface area (Å²) in [5.74, 6) is 0.691. The number of ketones is 1. The van der Waals surface area contributed by atoms with Gasteiger partial charge in [-0.3, -0.25) is 9.48 Å². The topological polar surface area (TPSA) is 44.1 Å². The summed E-state index contributed by atoms with van der Waals surface area (Å²) in [5.41, 5.74) is 1.50. The number of carbonyl (C=O) groups excluding carboxylic acids is 1. The van der Waals surface area contributed by atoms with E-state index in [2.05, 4.69) is 21.0 Å². The average Bonchev–Trinajstić information content (AvgIpc) is 2.83. The van der Waals surface area contributed by atoms with Gasteiger partial charge in [-0.15, -0.1) is 0 Å². The minimum Gasteiger partial charge on any atom is -0.496 e. The molecule has 0 unspecified atom stereocenters. The number of hydrogen-bond donors (Lipinski definition) is 0. The Kier molecular flexibility index (Phi) is 4.16. The van der Waals surface area contributed by atoms with Gasteiger partial charge in [0.25, 0.3) is 0 Å². The second-order valence-electron chi connectivity index (χ2n) is 3.99. The Morgan fingerprint density at radius 1 is 1.47 bits per heavy atom. The summed E-state index contributed by atoms with van der Waals surface area (Å²) < 4.78 is 7.60. The molecule has 0 saturated heterocycles. The monoisotopic (exact) mass is 320 g/mol. The first kappa shape index (κ1) is 13.5. The lowest BCUT2D eigenvalue weighted by Gasteiger charge is -2.03. The van der Waals surface area contributed by atoms with Crippen LogP contribution in [-0.2, 0) is 7.05 Å².